The summed E-state index contributed by atoms with van der Waals surface area (Å²) in [5.74, 6) is 0.585. The molecule has 2 heteroatoms. The third-order valence-electron chi connectivity index (χ3n) is 2.43. The van der Waals surface area contributed by atoms with Crippen LogP contribution in [0.4, 0.5) is 0 Å². The van der Waals surface area contributed by atoms with E-state index in [0.29, 0.717) is 12.0 Å². The summed E-state index contributed by atoms with van der Waals surface area (Å²) in [5, 5.41) is 1.44. The summed E-state index contributed by atoms with van der Waals surface area (Å²) < 4.78 is 5.25. The van der Waals surface area contributed by atoms with Crippen molar-refractivity contribution >= 4 is 8.07 Å². The molecule has 64 valence electrons. The zero-order chi connectivity index (χ0) is 8.65. The lowest BCUT2D eigenvalue weighted by Crippen LogP contribution is -2.29. The summed E-state index contributed by atoms with van der Waals surface area (Å²) in [6, 6.07) is 0. The molecule has 0 bridgehead atoms. The molecule has 0 unspecified atom stereocenters. The van der Waals surface area contributed by atoms with Crippen molar-refractivity contribution in [2.24, 2.45) is 5.92 Å². The first-order chi connectivity index (χ1) is 4.93. The first kappa shape index (κ1) is 9.01. The minimum atomic E-state index is -1.12. The lowest BCUT2D eigenvalue weighted by atomic mass is 10.1. The van der Waals surface area contributed by atoms with E-state index in [4.69, 9.17) is 4.74 Å². The molecule has 2 atom stereocenters. The van der Waals surface area contributed by atoms with Crippen molar-refractivity contribution in [3.8, 4) is 0 Å². The van der Waals surface area contributed by atoms with Crippen LogP contribution in [-0.4, -0.2) is 20.8 Å². The molecule has 11 heavy (non-hydrogen) atoms. The molecule has 0 radical (unpaired) electrons. The average molecular weight is 170 g/mol. The van der Waals surface area contributed by atoms with Crippen molar-refractivity contribution < 1.29 is 4.74 Å². The van der Waals surface area contributed by atoms with Gasteiger partial charge in [0.05, 0.1) is 20.8 Å². The van der Waals surface area contributed by atoms with Crippen LogP contribution in [0.1, 0.15) is 6.92 Å². The molecular weight excluding hydrogens is 152 g/mol. The van der Waals surface area contributed by atoms with Crippen molar-refractivity contribution in [3.05, 3.63) is 11.8 Å². The van der Waals surface area contributed by atoms with Gasteiger partial charge in [-0.3, -0.25) is 0 Å². The summed E-state index contributed by atoms with van der Waals surface area (Å²) in [6.07, 6.45) is 0.495. The van der Waals surface area contributed by atoms with E-state index in [2.05, 4.69) is 33.1 Å². The Hall–Kier alpha value is -0.0831. The van der Waals surface area contributed by atoms with Gasteiger partial charge in [0.2, 0.25) is 0 Å². The lowest BCUT2D eigenvalue weighted by Gasteiger charge is -2.24. The van der Waals surface area contributed by atoms with Crippen LogP contribution in [-0.2, 0) is 4.74 Å². The fraction of sp³-hybridized carbons (Fsp3) is 0.778. The molecule has 0 saturated carbocycles. The zero-order valence-corrected chi connectivity index (χ0v) is 8.98. The van der Waals surface area contributed by atoms with Crippen molar-refractivity contribution in [1.82, 2.24) is 0 Å². The maximum absolute atomic E-state index is 5.25. The second kappa shape index (κ2) is 2.76. The Labute approximate surface area is 70.5 Å². The van der Waals surface area contributed by atoms with Gasteiger partial charge in [-0.05, 0) is 0 Å². The molecule has 1 heterocycles. The smallest absolute Gasteiger partial charge is 0.0868 e. The second-order valence-corrected chi connectivity index (χ2v) is 9.58. The number of hydrogen-bond acceptors (Lipinski definition) is 1. The van der Waals surface area contributed by atoms with Crippen LogP contribution in [0, 0.1) is 5.92 Å². The van der Waals surface area contributed by atoms with Crippen LogP contribution in [0.15, 0.2) is 11.8 Å². The summed E-state index contributed by atoms with van der Waals surface area (Å²) in [5.41, 5.74) is 0. The zero-order valence-electron chi connectivity index (χ0n) is 7.98. The normalized spacial score (nSPS) is 26.4. The largest absolute Gasteiger partial charge is 0.373 e. The standard InChI is InChI=1S/C9H18OSi/c1-7(9-6-10-9)8(2)11(3,4)5/h7,9H,2,6H2,1,3-5H3/t7-,9-/m1/s1. The van der Waals surface area contributed by atoms with E-state index in [9.17, 15) is 0 Å². The van der Waals surface area contributed by atoms with Crippen molar-refractivity contribution in [2.75, 3.05) is 6.61 Å². The van der Waals surface area contributed by atoms with Crippen LogP contribution in [0.2, 0.25) is 19.6 Å². The van der Waals surface area contributed by atoms with Crippen LogP contribution < -0.4 is 0 Å². The molecule has 0 aromatic rings. The number of hydrogen-bond donors (Lipinski definition) is 0. The van der Waals surface area contributed by atoms with Gasteiger partial charge in [0.25, 0.3) is 0 Å². The maximum atomic E-state index is 5.25. The van der Waals surface area contributed by atoms with Gasteiger partial charge in [-0.25, -0.2) is 0 Å². The summed E-state index contributed by atoms with van der Waals surface area (Å²) in [4.78, 5) is 0. The van der Waals surface area contributed by atoms with Crippen LogP contribution in [0.5, 0.6) is 0 Å². The molecule has 0 aromatic heterocycles. The van der Waals surface area contributed by atoms with Gasteiger partial charge in [0.1, 0.15) is 0 Å². The summed E-state index contributed by atoms with van der Waals surface area (Å²) >= 11 is 0. The fourth-order valence-corrected chi connectivity index (χ4v) is 2.80. The van der Waals surface area contributed by atoms with Gasteiger partial charge >= 0.3 is 0 Å². The third-order valence-corrected chi connectivity index (χ3v) is 4.81. The third kappa shape index (κ3) is 2.17. The Morgan fingerprint density at radius 1 is 1.55 bits per heavy atom. The minimum Gasteiger partial charge on any atom is -0.373 e. The van der Waals surface area contributed by atoms with E-state index in [-0.39, 0.29) is 0 Å². The highest BCUT2D eigenvalue weighted by molar-refractivity contribution is 6.83. The first-order valence-electron chi connectivity index (χ1n) is 4.24. The second-order valence-electron chi connectivity index (χ2n) is 4.44. The molecule has 0 amide bonds. The van der Waals surface area contributed by atoms with Gasteiger partial charge < -0.3 is 4.74 Å². The topological polar surface area (TPSA) is 12.5 Å². The lowest BCUT2D eigenvalue weighted by molar-refractivity contribution is 0.368. The molecule has 0 spiro atoms. The van der Waals surface area contributed by atoms with E-state index < -0.39 is 8.07 Å². The SMILES string of the molecule is C=C([C@@H](C)[C@H]1CO1)[Si](C)(C)C. The predicted octanol–water partition coefficient (Wildman–Crippen LogP) is 2.45. The Balaban J connectivity index is 2.52. The van der Waals surface area contributed by atoms with Crippen molar-refractivity contribution in [3.63, 3.8) is 0 Å². The van der Waals surface area contributed by atoms with Gasteiger partial charge in [-0.15, -0.1) is 6.58 Å². The van der Waals surface area contributed by atoms with Crippen molar-refractivity contribution in [1.29, 1.82) is 0 Å². The fourth-order valence-electron chi connectivity index (χ4n) is 1.25. The Morgan fingerprint density at radius 3 is 2.27 bits per heavy atom. The monoisotopic (exact) mass is 170 g/mol. The number of epoxide rings is 1. The van der Waals surface area contributed by atoms with Crippen LogP contribution >= 0.6 is 0 Å². The molecule has 0 N–H and O–H groups in total. The molecule has 1 saturated heterocycles. The highest BCUT2D eigenvalue weighted by atomic mass is 28.3. The van der Waals surface area contributed by atoms with Gasteiger partial charge in [-0.1, -0.05) is 31.8 Å². The first-order valence-corrected chi connectivity index (χ1v) is 7.74. The molecule has 1 aliphatic heterocycles. The average Bonchev–Trinajstić information content (AvgIpc) is 2.63. The highest BCUT2D eigenvalue weighted by Crippen LogP contribution is 2.30. The Morgan fingerprint density at radius 2 is 2.00 bits per heavy atom. The molecule has 1 fully saturated rings. The number of ether oxygens (including phenoxy) is 1. The predicted molar refractivity (Wildman–Crippen MR) is 51.4 cm³/mol. The molecular formula is C9H18OSi. The summed E-state index contributed by atoms with van der Waals surface area (Å²) in [6.45, 7) is 14.4. The van der Waals surface area contributed by atoms with E-state index in [1.807, 2.05) is 0 Å². The van der Waals surface area contributed by atoms with Gasteiger partial charge in [0.15, 0.2) is 0 Å². The molecule has 1 rings (SSSR count). The Kier molecular flexibility index (Phi) is 2.26. The van der Waals surface area contributed by atoms with Crippen molar-refractivity contribution in [2.45, 2.75) is 32.7 Å². The number of rotatable bonds is 3. The van der Waals surface area contributed by atoms with E-state index >= 15 is 0 Å². The molecule has 0 aliphatic carbocycles. The molecule has 1 nitrogen and oxygen atoms in total. The minimum absolute atomic E-state index is 0.495. The highest BCUT2D eigenvalue weighted by Gasteiger charge is 2.35. The quantitative estimate of drug-likeness (QED) is 0.468. The molecule has 1 aliphatic rings. The van der Waals surface area contributed by atoms with Gasteiger partial charge in [0, 0.05) is 5.92 Å². The summed E-state index contributed by atoms with van der Waals surface area (Å²) in [7, 11) is -1.12. The van der Waals surface area contributed by atoms with Crippen LogP contribution in [0.25, 0.3) is 0 Å². The van der Waals surface area contributed by atoms with Gasteiger partial charge in [-0.2, -0.15) is 0 Å². The van der Waals surface area contributed by atoms with Crippen LogP contribution in [0.3, 0.4) is 0 Å². The van der Waals surface area contributed by atoms with E-state index in [0.717, 1.165) is 6.61 Å². The van der Waals surface area contributed by atoms with E-state index in [1.54, 1.807) is 0 Å². The Bertz CT molecular complexity index is 165. The molecule has 0 aromatic carbocycles. The van der Waals surface area contributed by atoms with E-state index in [1.165, 1.54) is 5.20 Å². The maximum Gasteiger partial charge on any atom is 0.0868 e.